The van der Waals surface area contributed by atoms with Crippen LogP contribution in [0.5, 0.6) is 0 Å². The summed E-state index contributed by atoms with van der Waals surface area (Å²) in [5.41, 5.74) is 3.14. The van der Waals surface area contributed by atoms with E-state index in [1.54, 1.807) is 11.3 Å². The van der Waals surface area contributed by atoms with Gasteiger partial charge in [0.15, 0.2) is 0 Å². The first kappa shape index (κ1) is 13.8. The highest BCUT2D eigenvalue weighted by atomic mass is 32.1. The van der Waals surface area contributed by atoms with Crippen LogP contribution in [0.2, 0.25) is 0 Å². The minimum absolute atomic E-state index is 0.0815. The molecule has 0 aliphatic rings. The highest BCUT2D eigenvalue weighted by Crippen LogP contribution is 2.11. The number of hydrogen-bond acceptors (Lipinski definition) is 3. The third kappa shape index (κ3) is 3.70. The largest absolute Gasteiger partial charge is 0.356 e. The first-order chi connectivity index (χ1) is 10.3. The van der Waals surface area contributed by atoms with Gasteiger partial charge in [-0.05, 0) is 40.9 Å². The molecule has 5 heteroatoms. The maximum Gasteiger partial charge on any atom is 0.224 e. The highest BCUT2D eigenvalue weighted by molar-refractivity contribution is 7.07. The highest BCUT2D eigenvalue weighted by Gasteiger charge is 2.04. The number of carbonyl (C=O) groups excluding carboxylic acids is 1. The van der Waals surface area contributed by atoms with E-state index < -0.39 is 0 Å². The molecule has 0 saturated heterocycles. The molecule has 1 aromatic carbocycles. The van der Waals surface area contributed by atoms with E-state index in [9.17, 15) is 4.79 Å². The SMILES string of the molecule is O=C(Cc1ccsc1)NCCCc1nc2ccccc2[nH]1. The molecule has 0 aliphatic heterocycles. The van der Waals surface area contributed by atoms with Crippen LogP contribution in [0, 0.1) is 0 Å². The van der Waals surface area contributed by atoms with Crippen molar-refractivity contribution in [3.63, 3.8) is 0 Å². The molecule has 2 N–H and O–H groups in total. The Morgan fingerprint density at radius 2 is 2.19 bits per heavy atom. The molecule has 3 aromatic rings. The summed E-state index contributed by atoms with van der Waals surface area (Å²) < 4.78 is 0. The number of thiophene rings is 1. The average molecular weight is 299 g/mol. The van der Waals surface area contributed by atoms with Gasteiger partial charge >= 0.3 is 0 Å². The molecule has 0 bridgehead atoms. The zero-order chi connectivity index (χ0) is 14.5. The van der Waals surface area contributed by atoms with Gasteiger partial charge in [-0.2, -0.15) is 11.3 Å². The second-order valence-electron chi connectivity index (χ2n) is 4.96. The molecule has 0 fully saturated rings. The lowest BCUT2D eigenvalue weighted by Gasteiger charge is -2.03. The number of amides is 1. The van der Waals surface area contributed by atoms with Crippen LogP contribution in [0.1, 0.15) is 17.8 Å². The van der Waals surface area contributed by atoms with Gasteiger partial charge in [-0.1, -0.05) is 12.1 Å². The molecule has 0 atom stereocenters. The lowest BCUT2D eigenvalue weighted by atomic mass is 10.2. The molecular formula is C16H17N3OS. The Kier molecular flexibility index (Phi) is 4.31. The van der Waals surface area contributed by atoms with E-state index in [4.69, 9.17) is 0 Å². The van der Waals surface area contributed by atoms with E-state index in [0.29, 0.717) is 13.0 Å². The van der Waals surface area contributed by atoms with Crippen molar-refractivity contribution in [1.82, 2.24) is 15.3 Å². The first-order valence-electron chi connectivity index (χ1n) is 7.02. The second-order valence-corrected chi connectivity index (χ2v) is 5.74. The molecule has 4 nitrogen and oxygen atoms in total. The van der Waals surface area contributed by atoms with Gasteiger partial charge in [0, 0.05) is 13.0 Å². The van der Waals surface area contributed by atoms with Crippen LogP contribution in [-0.4, -0.2) is 22.4 Å². The fourth-order valence-corrected chi connectivity index (χ4v) is 2.92. The number of fused-ring (bicyclic) bond motifs is 1. The molecule has 0 spiro atoms. The maximum atomic E-state index is 11.7. The topological polar surface area (TPSA) is 57.8 Å². The van der Waals surface area contributed by atoms with E-state index in [2.05, 4.69) is 15.3 Å². The summed E-state index contributed by atoms with van der Waals surface area (Å²) in [5.74, 6) is 1.06. The first-order valence-corrected chi connectivity index (χ1v) is 7.97. The molecule has 21 heavy (non-hydrogen) atoms. The number of carbonyl (C=O) groups is 1. The molecule has 1 amide bonds. The van der Waals surface area contributed by atoms with Crippen molar-refractivity contribution >= 4 is 28.3 Å². The minimum atomic E-state index is 0.0815. The van der Waals surface area contributed by atoms with Crippen molar-refractivity contribution in [2.24, 2.45) is 0 Å². The molecule has 108 valence electrons. The summed E-state index contributed by atoms with van der Waals surface area (Å²) in [4.78, 5) is 19.6. The van der Waals surface area contributed by atoms with E-state index in [-0.39, 0.29) is 5.91 Å². The van der Waals surface area contributed by atoms with Gasteiger partial charge < -0.3 is 10.3 Å². The summed E-state index contributed by atoms with van der Waals surface area (Å²) in [5, 5.41) is 6.95. The van der Waals surface area contributed by atoms with Crippen molar-refractivity contribution in [2.75, 3.05) is 6.54 Å². The molecule has 0 unspecified atom stereocenters. The van der Waals surface area contributed by atoms with E-state index in [0.717, 1.165) is 35.3 Å². The molecule has 0 aliphatic carbocycles. The summed E-state index contributed by atoms with van der Waals surface area (Å²) in [7, 11) is 0. The maximum absolute atomic E-state index is 11.7. The van der Waals surface area contributed by atoms with Crippen LogP contribution >= 0.6 is 11.3 Å². The fraction of sp³-hybridized carbons (Fsp3) is 0.250. The molecule has 2 heterocycles. The predicted molar refractivity (Wildman–Crippen MR) is 85.4 cm³/mol. The van der Waals surface area contributed by atoms with Crippen LogP contribution in [-0.2, 0) is 17.6 Å². The number of benzene rings is 1. The fourth-order valence-electron chi connectivity index (χ4n) is 2.25. The van der Waals surface area contributed by atoms with Crippen LogP contribution in [0.25, 0.3) is 11.0 Å². The Labute approximate surface area is 127 Å². The standard InChI is InChI=1S/C16H17N3OS/c20-16(10-12-7-9-21-11-12)17-8-3-6-15-18-13-4-1-2-5-14(13)19-15/h1-2,4-5,7,9,11H,3,6,8,10H2,(H,17,20)(H,18,19). The van der Waals surface area contributed by atoms with Crippen molar-refractivity contribution in [3.05, 3.63) is 52.5 Å². The van der Waals surface area contributed by atoms with Gasteiger partial charge in [0.2, 0.25) is 5.91 Å². The summed E-state index contributed by atoms with van der Waals surface area (Å²) in [6.45, 7) is 0.681. The number of H-pyrrole nitrogens is 1. The molecular weight excluding hydrogens is 282 g/mol. The number of nitrogens with zero attached hydrogens (tertiary/aromatic N) is 1. The lowest BCUT2D eigenvalue weighted by molar-refractivity contribution is -0.120. The minimum Gasteiger partial charge on any atom is -0.356 e. The average Bonchev–Trinajstić information content (AvgIpc) is 3.12. The van der Waals surface area contributed by atoms with Gasteiger partial charge in [-0.3, -0.25) is 4.79 Å². The van der Waals surface area contributed by atoms with Crippen molar-refractivity contribution in [2.45, 2.75) is 19.3 Å². The second kappa shape index (κ2) is 6.54. The number of hydrogen-bond donors (Lipinski definition) is 2. The summed E-state index contributed by atoms with van der Waals surface area (Å²) >= 11 is 1.62. The summed E-state index contributed by atoms with van der Waals surface area (Å²) in [6.07, 6.45) is 2.19. The lowest BCUT2D eigenvalue weighted by Crippen LogP contribution is -2.26. The monoisotopic (exact) mass is 299 g/mol. The predicted octanol–water partition coefficient (Wildman–Crippen LogP) is 2.92. The van der Waals surface area contributed by atoms with E-state index in [1.807, 2.05) is 41.1 Å². The van der Waals surface area contributed by atoms with Crippen LogP contribution in [0.15, 0.2) is 41.1 Å². The molecule has 0 saturated carbocycles. The van der Waals surface area contributed by atoms with Crippen molar-refractivity contribution in [1.29, 1.82) is 0 Å². The number of nitrogens with one attached hydrogen (secondary N) is 2. The molecule has 0 radical (unpaired) electrons. The Bertz CT molecular complexity index is 685. The number of aryl methyl sites for hydroxylation is 1. The number of imidazole rings is 1. The number of aromatic nitrogens is 2. The normalized spacial score (nSPS) is 10.9. The quantitative estimate of drug-likeness (QED) is 0.688. The van der Waals surface area contributed by atoms with Crippen LogP contribution in [0.3, 0.4) is 0 Å². The van der Waals surface area contributed by atoms with Crippen molar-refractivity contribution in [3.8, 4) is 0 Å². The number of para-hydroxylation sites is 2. The zero-order valence-electron chi connectivity index (χ0n) is 11.6. The molecule has 3 rings (SSSR count). The third-order valence-electron chi connectivity index (χ3n) is 3.30. The summed E-state index contributed by atoms with van der Waals surface area (Å²) in [6, 6.07) is 9.98. The number of aromatic amines is 1. The Balaban J connectivity index is 1.42. The van der Waals surface area contributed by atoms with E-state index >= 15 is 0 Å². The van der Waals surface area contributed by atoms with Crippen molar-refractivity contribution < 1.29 is 4.79 Å². The van der Waals surface area contributed by atoms with Gasteiger partial charge in [0.25, 0.3) is 0 Å². The van der Waals surface area contributed by atoms with Gasteiger partial charge in [0.05, 0.1) is 17.5 Å². The Hall–Kier alpha value is -2.14. The van der Waals surface area contributed by atoms with Crippen LogP contribution in [0.4, 0.5) is 0 Å². The smallest absolute Gasteiger partial charge is 0.224 e. The van der Waals surface area contributed by atoms with Gasteiger partial charge in [-0.25, -0.2) is 4.98 Å². The van der Waals surface area contributed by atoms with Gasteiger partial charge in [0.1, 0.15) is 5.82 Å². The molecule has 2 aromatic heterocycles. The Morgan fingerprint density at radius 3 is 3.00 bits per heavy atom. The van der Waals surface area contributed by atoms with Crippen LogP contribution < -0.4 is 5.32 Å². The Morgan fingerprint density at radius 1 is 1.29 bits per heavy atom. The van der Waals surface area contributed by atoms with E-state index in [1.165, 1.54) is 0 Å². The third-order valence-corrected chi connectivity index (χ3v) is 4.03. The van der Waals surface area contributed by atoms with Gasteiger partial charge in [-0.15, -0.1) is 0 Å². The zero-order valence-corrected chi connectivity index (χ0v) is 12.5. The number of rotatable bonds is 6.